The van der Waals surface area contributed by atoms with Gasteiger partial charge in [-0.2, -0.15) is 12.8 Å². The summed E-state index contributed by atoms with van der Waals surface area (Å²) in [4.78, 5) is 0. The molecule has 0 saturated carbocycles. The Labute approximate surface area is 115 Å². The predicted molar refractivity (Wildman–Crippen MR) is 74.0 cm³/mol. The fraction of sp³-hybridized carbons (Fsp3) is 0.857. The van der Waals surface area contributed by atoms with Crippen LogP contribution >= 0.6 is 0 Å². The van der Waals surface area contributed by atoms with Crippen molar-refractivity contribution in [1.82, 2.24) is 0 Å². The van der Waals surface area contributed by atoms with Crippen LogP contribution in [-0.2, 0) is 0 Å². The molecule has 15 heavy (non-hydrogen) atoms. The Morgan fingerprint density at radius 1 is 0.600 bits per heavy atom. The van der Waals surface area contributed by atoms with Gasteiger partial charge in [-0.1, -0.05) is 65.2 Å². The minimum Gasteiger partial charge on any atom is -0.343 e. The molecule has 0 amide bonds. The van der Waals surface area contributed by atoms with Crippen molar-refractivity contribution in [3.05, 3.63) is 13.8 Å². The molecule has 0 radical (unpaired) electrons. The van der Waals surface area contributed by atoms with Crippen LogP contribution in [0.1, 0.15) is 78.1 Å². The van der Waals surface area contributed by atoms with E-state index < -0.39 is 0 Å². The van der Waals surface area contributed by atoms with Crippen molar-refractivity contribution in [3.8, 4) is 0 Å². The van der Waals surface area contributed by atoms with E-state index in [9.17, 15) is 0 Å². The quantitative estimate of drug-likeness (QED) is 0.301. The Morgan fingerprint density at radius 2 is 1.00 bits per heavy atom. The molecule has 0 unspecified atom stereocenters. The van der Waals surface area contributed by atoms with Gasteiger partial charge >= 0.3 is 23.1 Å². The Balaban J connectivity index is -0.000000249. The van der Waals surface area contributed by atoms with Crippen molar-refractivity contribution < 1.29 is 0 Å². The van der Waals surface area contributed by atoms with E-state index >= 15 is 0 Å². The zero-order valence-corrected chi connectivity index (χ0v) is 12.6. The van der Waals surface area contributed by atoms with E-state index in [2.05, 4.69) is 27.7 Å². The normalized spacial score (nSPS) is 8.80. The molecule has 0 spiro atoms. The van der Waals surface area contributed by atoms with E-state index in [4.69, 9.17) is 0 Å². The van der Waals surface area contributed by atoms with E-state index in [0.29, 0.717) is 0 Å². The molecule has 0 aromatic carbocycles. The zero-order valence-electron chi connectivity index (χ0n) is 11.2. The minimum absolute atomic E-state index is 0. The summed E-state index contributed by atoms with van der Waals surface area (Å²) >= 11 is 0. The first-order valence-corrected chi connectivity index (χ1v) is 6.41. The standard InChI is InChI=1S/C10H21.C4H9.Mg/c1-3-5-7-9-10-8-6-4-2;1-3-4-2;/h1,3-10H2,2H3;1,3-4H2,2H3;/q2*-1;+2. The molecule has 0 aliphatic carbocycles. The van der Waals surface area contributed by atoms with Crippen molar-refractivity contribution in [2.75, 3.05) is 0 Å². The Morgan fingerprint density at radius 3 is 1.33 bits per heavy atom. The summed E-state index contributed by atoms with van der Waals surface area (Å²) in [5.41, 5.74) is 0. The van der Waals surface area contributed by atoms with Crippen molar-refractivity contribution in [1.29, 1.82) is 0 Å². The van der Waals surface area contributed by atoms with Crippen LogP contribution in [0.5, 0.6) is 0 Å². The molecule has 0 aliphatic rings. The Hall–Kier alpha value is 0.766. The molecule has 0 heterocycles. The zero-order chi connectivity index (χ0) is 11.1. The van der Waals surface area contributed by atoms with E-state index in [1.54, 1.807) is 0 Å². The molecule has 0 aliphatic heterocycles. The molecule has 0 N–H and O–H groups in total. The van der Waals surface area contributed by atoms with Gasteiger partial charge in [0.05, 0.1) is 0 Å². The van der Waals surface area contributed by atoms with E-state index in [0.717, 1.165) is 12.8 Å². The van der Waals surface area contributed by atoms with E-state index in [-0.39, 0.29) is 23.1 Å². The molecular formula is C14H30Mg. The summed E-state index contributed by atoms with van der Waals surface area (Å²) in [6, 6.07) is 0. The van der Waals surface area contributed by atoms with Crippen molar-refractivity contribution in [3.63, 3.8) is 0 Å². The van der Waals surface area contributed by atoms with Gasteiger partial charge in [-0.3, -0.25) is 0 Å². The largest absolute Gasteiger partial charge is 2.00 e. The van der Waals surface area contributed by atoms with Crippen molar-refractivity contribution in [2.45, 2.75) is 78.1 Å². The van der Waals surface area contributed by atoms with Crippen LogP contribution in [0.4, 0.5) is 0 Å². The number of hydrogen-bond acceptors (Lipinski definition) is 0. The first-order valence-electron chi connectivity index (χ1n) is 6.41. The molecule has 0 aromatic rings. The number of hydrogen-bond donors (Lipinski definition) is 0. The molecule has 0 fully saturated rings. The second-order valence-electron chi connectivity index (χ2n) is 3.83. The van der Waals surface area contributed by atoms with Crippen LogP contribution < -0.4 is 0 Å². The maximum Gasteiger partial charge on any atom is 2.00 e. The topological polar surface area (TPSA) is 0 Å². The van der Waals surface area contributed by atoms with Crippen LogP contribution in [0.15, 0.2) is 0 Å². The second-order valence-corrected chi connectivity index (χ2v) is 3.83. The average Bonchev–Trinajstić information content (AvgIpc) is 2.24. The molecule has 0 rings (SSSR count). The Bertz CT molecular complexity index is 61.7. The first-order chi connectivity index (χ1) is 6.83. The summed E-state index contributed by atoms with van der Waals surface area (Å²) in [6.07, 6.45) is 13.2. The van der Waals surface area contributed by atoms with E-state index in [1.165, 1.54) is 51.4 Å². The summed E-state index contributed by atoms with van der Waals surface area (Å²) in [5, 5.41) is 0. The summed E-state index contributed by atoms with van der Waals surface area (Å²) in [5.74, 6) is 0. The third-order valence-corrected chi connectivity index (χ3v) is 2.21. The van der Waals surface area contributed by atoms with Gasteiger partial charge in [-0.15, -0.1) is 0 Å². The smallest absolute Gasteiger partial charge is 0.343 e. The van der Waals surface area contributed by atoms with Gasteiger partial charge in [0, 0.05) is 0 Å². The average molecular weight is 223 g/mol. The molecular weight excluding hydrogens is 192 g/mol. The van der Waals surface area contributed by atoms with Gasteiger partial charge in [-0.05, 0) is 0 Å². The van der Waals surface area contributed by atoms with Gasteiger partial charge in [0.15, 0.2) is 0 Å². The third-order valence-electron chi connectivity index (χ3n) is 2.21. The summed E-state index contributed by atoms with van der Waals surface area (Å²) < 4.78 is 0. The van der Waals surface area contributed by atoms with Crippen LogP contribution in [0.2, 0.25) is 0 Å². The fourth-order valence-corrected chi connectivity index (χ4v) is 1.13. The minimum atomic E-state index is 0. The molecule has 0 atom stereocenters. The maximum absolute atomic E-state index is 3.82. The SMILES string of the molecule is [CH2-]CCC.[CH2-]CCCCCCCCC.[Mg+2]. The Kier molecular flexibility index (Phi) is 33.9. The first kappa shape index (κ1) is 21.1. The van der Waals surface area contributed by atoms with Crippen LogP contribution in [0.25, 0.3) is 0 Å². The van der Waals surface area contributed by atoms with Crippen LogP contribution in [0.3, 0.4) is 0 Å². The number of unbranched alkanes of at least 4 members (excludes halogenated alkanes) is 8. The summed E-state index contributed by atoms with van der Waals surface area (Å²) in [6.45, 7) is 11.8. The van der Waals surface area contributed by atoms with Gasteiger partial charge in [0.25, 0.3) is 0 Å². The molecule has 0 bridgehead atoms. The molecule has 0 nitrogen and oxygen atoms in total. The van der Waals surface area contributed by atoms with Crippen molar-refractivity contribution >= 4 is 23.1 Å². The van der Waals surface area contributed by atoms with Crippen LogP contribution in [-0.4, -0.2) is 23.1 Å². The number of rotatable bonds is 8. The fourth-order valence-electron chi connectivity index (χ4n) is 1.13. The van der Waals surface area contributed by atoms with Gasteiger partial charge in [0.2, 0.25) is 0 Å². The molecule has 0 aromatic heterocycles. The van der Waals surface area contributed by atoms with Crippen LogP contribution in [0, 0.1) is 13.8 Å². The predicted octanol–water partition coefficient (Wildman–Crippen LogP) is 5.20. The molecule has 1 heteroatoms. The van der Waals surface area contributed by atoms with Gasteiger partial charge < -0.3 is 13.8 Å². The summed E-state index contributed by atoms with van der Waals surface area (Å²) in [7, 11) is 0. The van der Waals surface area contributed by atoms with Gasteiger partial charge in [-0.25, -0.2) is 0 Å². The second kappa shape index (κ2) is 24.1. The van der Waals surface area contributed by atoms with E-state index in [1.807, 2.05) is 0 Å². The third kappa shape index (κ3) is 31.3. The van der Waals surface area contributed by atoms with Gasteiger partial charge in [0.1, 0.15) is 0 Å². The molecule has 88 valence electrons. The molecule has 0 saturated heterocycles. The van der Waals surface area contributed by atoms with Crippen molar-refractivity contribution in [2.24, 2.45) is 0 Å². The maximum atomic E-state index is 3.82. The monoisotopic (exact) mass is 222 g/mol.